The van der Waals surface area contributed by atoms with Crippen molar-refractivity contribution in [2.45, 2.75) is 0 Å². The van der Waals surface area contributed by atoms with Crippen LogP contribution in [-0.2, 0) is 0 Å². The SMILES string of the molecule is Oc1cc(F)cc(-c2cccc3[nH]c(-c4n[nH]c5cnc(-c6cn[nH]c6)cc45)cc23)c1. The van der Waals surface area contributed by atoms with E-state index in [1.54, 1.807) is 24.7 Å². The van der Waals surface area contributed by atoms with Gasteiger partial charge in [-0.1, -0.05) is 12.1 Å². The molecule has 0 aliphatic carbocycles. The van der Waals surface area contributed by atoms with Gasteiger partial charge >= 0.3 is 0 Å². The number of aromatic nitrogens is 6. The molecule has 0 spiro atoms. The van der Waals surface area contributed by atoms with Gasteiger partial charge in [-0.2, -0.15) is 10.2 Å². The third kappa shape index (κ3) is 2.84. The summed E-state index contributed by atoms with van der Waals surface area (Å²) in [6.07, 6.45) is 5.26. The maximum Gasteiger partial charge on any atom is 0.127 e. The minimum atomic E-state index is -0.486. The Balaban J connectivity index is 1.53. The Labute approximate surface area is 174 Å². The Morgan fingerprint density at radius 1 is 0.903 bits per heavy atom. The van der Waals surface area contributed by atoms with Crippen molar-refractivity contribution in [3.8, 4) is 39.5 Å². The van der Waals surface area contributed by atoms with Gasteiger partial charge in [-0.15, -0.1) is 0 Å². The van der Waals surface area contributed by atoms with Crippen LogP contribution < -0.4 is 0 Å². The predicted molar refractivity (Wildman–Crippen MR) is 116 cm³/mol. The molecular formula is C23H15FN6O. The monoisotopic (exact) mass is 410 g/mol. The van der Waals surface area contributed by atoms with Crippen molar-refractivity contribution in [3.63, 3.8) is 0 Å². The molecule has 6 aromatic rings. The highest BCUT2D eigenvalue weighted by Crippen LogP contribution is 2.35. The average Bonchev–Trinajstić information content (AvgIpc) is 3.50. The summed E-state index contributed by atoms with van der Waals surface area (Å²) in [7, 11) is 0. The Bertz CT molecular complexity index is 1540. The van der Waals surface area contributed by atoms with Crippen molar-refractivity contribution in [2.75, 3.05) is 0 Å². The molecule has 0 saturated heterocycles. The largest absolute Gasteiger partial charge is 0.508 e. The fraction of sp³-hybridized carbons (Fsp3) is 0. The first kappa shape index (κ1) is 17.4. The number of hydrogen-bond acceptors (Lipinski definition) is 4. The third-order valence-corrected chi connectivity index (χ3v) is 5.35. The van der Waals surface area contributed by atoms with Gasteiger partial charge < -0.3 is 10.1 Å². The number of nitrogens with one attached hydrogen (secondary N) is 3. The van der Waals surface area contributed by atoms with Crippen LogP contribution in [0.25, 0.3) is 55.6 Å². The minimum Gasteiger partial charge on any atom is -0.508 e. The molecule has 0 aliphatic rings. The molecule has 7 nitrogen and oxygen atoms in total. The van der Waals surface area contributed by atoms with E-state index < -0.39 is 5.82 Å². The molecule has 0 atom stereocenters. The molecule has 0 radical (unpaired) electrons. The van der Waals surface area contributed by atoms with Gasteiger partial charge in [0.2, 0.25) is 0 Å². The highest BCUT2D eigenvalue weighted by atomic mass is 19.1. The van der Waals surface area contributed by atoms with Crippen LogP contribution in [0.3, 0.4) is 0 Å². The second-order valence-electron chi connectivity index (χ2n) is 7.32. The molecule has 6 rings (SSSR count). The summed E-state index contributed by atoms with van der Waals surface area (Å²) in [6, 6.07) is 13.8. The molecule has 8 heteroatoms. The van der Waals surface area contributed by atoms with E-state index in [9.17, 15) is 9.50 Å². The summed E-state index contributed by atoms with van der Waals surface area (Å²) in [6.45, 7) is 0. The second-order valence-corrected chi connectivity index (χ2v) is 7.32. The van der Waals surface area contributed by atoms with Crippen molar-refractivity contribution >= 4 is 21.8 Å². The van der Waals surface area contributed by atoms with Gasteiger partial charge in [0, 0.05) is 34.1 Å². The Hall–Kier alpha value is -4.46. The smallest absolute Gasteiger partial charge is 0.127 e. The number of halogens is 1. The van der Waals surface area contributed by atoms with Crippen molar-refractivity contribution in [1.29, 1.82) is 0 Å². The van der Waals surface area contributed by atoms with Crippen molar-refractivity contribution in [3.05, 3.63) is 72.9 Å². The highest BCUT2D eigenvalue weighted by molar-refractivity contribution is 6.01. The summed E-state index contributed by atoms with van der Waals surface area (Å²) in [5.41, 5.74) is 6.37. The normalized spacial score (nSPS) is 11.5. The topological polar surface area (TPSA) is 106 Å². The molecular weight excluding hydrogens is 395 g/mol. The van der Waals surface area contributed by atoms with Crippen LogP contribution in [0.1, 0.15) is 0 Å². The average molecular weight is 410 g/mol. The summed E-state index contributed by atoms with van der Waals surface area (Å²) in [5, 5.41) is 26.0. The number of benzene rings is 2. The molecule has 2 aromatic carbocycles. The number of phenols is 1. The lowest BCUT2D eigenvalue weighted by atomic mass is 10.0. The van der Waals surface area contributed by atoms with E-state index in [1.807, 2.05) is 30.3 Å². The molecule has 0 bridgehead atoms. The summed E-state index contributed by atoms with van der Waals surface area (Å²) in [4.78, 5) is 7.87. The number of hydrogen-bond donors (Lipinski definition) is 4. The lowest BCUT2D eigenvalue weighted by molar-refractivity contribution is 0.469. The first-order valence-corrected chi connectivity index (χ1v) is 9.61. The van der Waals surface area contributed by atoms with Gasteiger partial charge in [0.15, 0.2) is 0 Å². The first-order chi connectivity index (χ1) is 15.2. The number of fused-ring (bicyclic) bond motifs is 2. The van der Waals surface area contributed by atoms with Crippen molar-refractivity contribution in [2.24, 2.45) is 0 Å². The van der Waals surface area contributed by atoms with Crippen LogP contribution in [0, 0.1) is 5.82 Å². The predicted octanol–water partition coefficient (Wildman–Crippen LogP) is 5.01. The van der Waals surface area contributed by atoms with E-state index in [-0.39, 0.29) is 5.75 Å². The van der Waals surface area contributed by atoms with Gasteiger partial charge in [-0.3, -0.25) is 15.2 Å². The summed E-state index contributed by atoms with van der Waals surface area (Å²) >= 11 is 0. The Morgan fingerprint density at radius 2 is 1.84 bits per heavy atom. The maximum atomic E-state index is 13.9. The number of rotatable bonds is 3. The quantitative estimate of drug-likeness (QED) is 0.329. The van der Waals surface area contributed by atoms with Gasteiger partial charge in [0.05, 0.1) is 29.3 Å². The van der Waals surface area contributed by atoms with Crippen LogP contribution in [0.2, 0.25) is 0 Å². The number of aromatic hydroxyl groups is 1. The van der Waals surface area contributed by atoms with Gasteiger partial charge in [0.1, 0.15) is 17.3 Å². The highest BCUT2D eigenvalue weighted by Gasteiger charge is 2.15. The van der Waals surface area contributed by atoms with Crippen LogP contribution in [0.15, 0.2) is 67.1 Å². The molecule has 0 fully saturated rings. The molecule has 150 valence electrons. The first-order valence-electron chi connectivity index (χ1n) is 9.61. The van der Waals surface area contributed by atoms with E-state index in [4.69, 9.17) is 0 Å². The molecule has 31 heavy (non-hydrogen) atoms. The van der Waals surface area contributed by atoms with Crippen LogP contribution in [0.5, 0.6) is 5.75 Å². The Kier molecular flexibility index (Phi) is 3.66. The van der Waals surface area contributed by atoms with Crippen LogP contribution >= 0.6 is 0 Å². The lowest BCUT2D eigenvalue weighted by Crippen LogP contribution is -1.82. The number of phenolic OH excluding ortho intramolecular Hbond substituents is 1. The fourth-order valence-corrected chi connectivity index (χ4v) is 3.94. The molecule has 4 aromatic heterocycles. The van der Waals surface area contributed by atoms with E-state index in [0.29, 0.717) is 5.56 Å². The molecule has 0 amide bonds. The standard InChI is InChI=1S/C23H15FN6O/c24-14-4-12(5-15(31)6-14)16-2-1-3-19-17(16)7-21(28-19)23-18-8-20(13-9-26-27-10-13)25-11-22(18)29-30-23/h1-11,28,31H,(H,26,27)(H,29,30). The van der Waals surface area contributed by atoms with Crippen LogP contribution in [0.4, 0.5) is 4.39 Å². The zero-order valence-corrected chi connectivity index (χ0v) is 16.0. The molecule has 4 heterocycles. The van der Waals surface area contributed by atoms with Crippen molar-refractivity contribution < 1.29 is 9.50 Å². The van der Waals surface area contributed by atoms with Gasteiger partial charge in [-0.25, -0.2) is 4.39 Å². The van der Waals surface area contributed by atoms with Gasteiger partial charge in [0.25, 0.3) is 0 Å². The van der Waals surface area contributed by atoms with Crippen LogP contribution in [-0.4, -0.2) is 35.5 Å². The second kappa shape index (κ2) is 6.53. The maximum absolute atomic E-state index is 13.9. The Morgan fingerprint density at radius 3 is 2.68 bits per heavy atom. The van der Waals surface area contributed by atoms with E-state index in [0.717, 1.165) is 56.1 Å². The molecule has 4 N–H and O–H groups in total. The number of H-pyrrole nitrogens is 3. The minimum absolute atomic E-state index is 0.111. The lowest BCUT2D eigenvalue weighted by Gasteiger charge is -2.05. The van der Waals surface area contributed by atoms with Crippen molar-refractivity contribution in [1.82, 2.24) is 30.4 Å². The molecule has 0 unspecified atom stereocenters. The summed E-state index contributed by atoms with van der Waals surface area (Å²) < 4.78 is 13.9. The number of nitrogens with zero attached hydrogens (tertiary/aromatic N) is 3. The fourth-order valence-electron chi connectivity index (χ4n) is 3.94. The number of aromatic amines is 3. The third-order valence-electron chi connectivity index (χ3n) is 5.35. The zero-order chi connectivity index (χ0) is 20.9. The number of pyridine rings is 1. The van der Waals surface area contributed by atoms with Gasteiger partial charge in [-0.05, 0) is 41.5 Å². The van der Waals surface area contributed by atoms with E-state index >= 15 is 0 Å². The van der Waals surface area contributed by atoms with E-state index in [1.165, 1.54) is 6.07 Å². The molecule has 0 aliphatic heterocycles. The van der Waals surface area contributed by atoms with E-state index in [2.05, 4.69) is 30.4 Å². The zero-order valence-electron chi connectivity index (χ0n) is 16.0. The molecule has 0 saturated carbocycles. The summed E-state index contributed by atoms with van der Waals surface area (Å²) in [5.74, 6) is -0.597.